The van der Waals surface area contributed by atoms with E-state index in [0.29, 0.717) is 21.6 Å². The molecule has 0 radical (unpaired) electrons. The van der Waals surface area contributed by atoms with E-state index < -0.39 is 0 Å². The molecule has 0 aliphatic carbocycles. The Labute approximate surface area is 136 Å². The number of hydrogen-bond donors (Lipinski definition) is 1. The summed E-state index contributed by atoms with van der Waals surface area (Å²) in [6, 6.07) is 9.42. The van der Waals surface area contributed by atoms with Gasteiger partial charge >= 0.3 is 0 Å². The number of anilines is 1. The van der Waals surface area contributed by atoms with Gasteiger partial charge in [0.2, 0.25) is 0 Å². The van der Waals surface area contributed by atoms with Gasteiger partial charge in [0.1, 0.15) is 0 Å². The lowest BCUT2D eigenvalue weighted by molar-refractivity contribution is 1.14. The molecule has 2 aromatic rings. The van der Waals surface area contributed by atoms with Crippen LogP contribution in [-0.4, -0.2) is 0 Å². The van der Waals surface area contributed by atoms with Crippen molar-refractivity contribution in [1.82, 2.24) is 0 Å². The highest BCUT2D eigenvalue weighted by Crippen LogP contribution is 2.30. The van der Waals surface area contributed by atoms with E-state index in [1.165, 1.54) is 0 Å². The van der Waals surface area contributed by atoms with Crippen LogP contribution < -0.4 is 5.32 Å². The van der Waals surface area contributed by atoms with E-state index in [1.807, 2.05) is 37.3 Å². The average Bonchev–Trinajstić information content (AvgIpc) is 2.39. The molecule has 0 aromatic heterocycles. The van der Waals surface area contributed by atoms with Crippen molar-refractivity contribution in [2.24, 2.45) is 0 Å². The van der Waals surface area contributed by atoms with Crippen LogP contribution in [0.1, 0.15) is 11.1 Å². The van der Waals surface area contributed by atoms with Gasteiger partial charge < -0.3 is 5.32 Å². The molecule has 0 heterocycles. The molecular formula is C14H11BrCl3N. The molecule has 0 saturated carbocycles. The zero-order valence-corrected chi connectivity index (χ0v) is 14.0. The highest BCUT2D eigenvalue weighted by atomic mass is 79.9. The van der Waals surface area contributed by atoms with Gasteiger partial charge in [-0.15, -0.1) is 0 Å². The van der Waals surface area contributed by atoms with Gasteiger partial charge in [0.25, 0.3) is 0 Å². The minimum absolute atomic E-state index is 0.590. The summed E-state index contributed by atoms with van der Waals surface area (Å²) < 4.78 is 0.970. The first-order valence-corrected chi connectivity index (χ1v) is 7.54. The summed E-state index contributed by atoms with van der Waals surface area (Å²) in [6.45, 7) is 2.49. The van der Waals surface area contributed by atoms with Gasteiger partial charge in [0, 0.05) is 21.1 Å². The topological polar surface area (TPSA) is 12.0 Å². The summed E-state index contributed by atoms with van der Waals surface area (Å²) in [5.41, 5.74) is 2.74. The maximum Gasteiger partial charge on any atom is 0.0638 e. The largest absolute Gasteiger partial charge is 0.380 e. The van der Waals surface area contributed by atoms with Crippen LogP contribution in [0.25, 0.3) is 0 Å². The third-order valence-corrected chi connectivity index (χ3v) is 4.56. The zero-order chi connectivity index (χ0) is 14.0. The molecule has 100 valence electrons. The molecule has 1 N–H and O–H groups in total. The number of halogens is 4. The molecule has 0 spiro atoms. The van der Waals surface area contributed by atoms with Crippen molar-refractivity contribution in [1.29, 1.82) is 0 Å². The molecular weight excluding hydrogens is 368 g/mol. The molecule has 0 fully saturated rings. The second-order valence-electron chi connectivity index (χ2n) is 4.12. The van der Waals surface area contributed by atoms with Crippen LogP contribution in [-0.2, 0) is 6.54 Å². The molecule has 1 nitrogen and oxygen atoms in total. The van der Waals surface area contributed by atoms with Crippen molar-refractivity contribution < 1.29 is 0 Å². The first-order valence-electron chi connectivity index (χ1n) is 5.61. The number of nitrogens with one attached hydrogen (secondary N) is 1. The van der Waals surface area contributed by atoms with Crippen molar-refractivity contribution >= 4 is 56.4 Å². The molecule has 19 heavy (non-hydrogen) atoms. The lowest BCUT2D eigenvalue weighted by Gasteiger charge is -2.12. The van der Waals surface area contributed by atoms with Crippen LogP contribution in [0.4, 0.5) is 5.69 Å². The second kappa shape index (κ2) is 6.36. The van der Waals surface area contributed by atoms with E-state index in [1.54, 1.807) is 0 Å². The normalized spacial score (nSPS) is 10.6. The summed E-state index contributed by atoms with van der Waals surface area (Å²) >= 11 is 21.8. The Kier molecular flexibility index (Phi) is 5.02. The Hall–Kier alpha value is -0.410. The molecule has 0 saturated heterocycles. The standard InChI is InChI=1S/C14H11BrCl3N/c1-8-11(16)4-2-9(14(8)18)7-19-13-6-10(15)3-5-12(13)17/h2-6,19H,7H2,1H3. The van der Waals surface area contributed by atoms with Crippen LogP contribution in [0.15, 0.2) is 34.8 Å². The van der Waals surface area contributed by atoms with Crippen molar-refractivity contribution in [2.75, 3.05) is 5.32 Å². The van der Waals surface area contributed by atoms with E-state index >= 15 is 0 Å². The summed E-state index contributed by atoms with van der Waals surface area (Å²) in [5.74, 6) is 0. The fourth-order valence-corrected chi connectivity index (χ4v) is 2.66. The summed E-state index contributed by atoms with van der Waals surface area (Å²) in [7, 11) is 0. The highest BCUT2D eigenvalue weighted by Gasteiger charge is 2.07. The van der Waals surface area contributed by atoms with E-state index in [2.05, 4.69) is 21.2 Å². The molecule has 0 unspecified atom stereocenters. The van der Waals surface area contributed by atoms with Gasteiger partial charge in [-0.25, -0.2) is 0 Å². The van der Waals surface area contributed by atoms with Gasteiger partial charge in [0.15, 0.2) is 0 Å². The first kappa shape index (κ1) is 15.0. The number of benzene rings is 2. The van der Waals surface area contributed by atoms with Crippen molar-refractivity contribution in [3.63, 3.8) is 0 Å². The van der Waals surface area contributed by atoms with E-state index in [4.69, 9.17) is 34.8 Å². The molecule has 5 heteroatoms. The average molecular weight is 380 g/mol. The lowest BCUT2D eigenvalue weighted by Crippen LogP contribution is -2.01. The molecule has 0 amide bonds. The number of rotatable bonds is 3. The zero-order valence-electron chi connectivity index (χ0n) is 10.1. The minimum atomic E-state index is 0.590. The van der Waals surface area contributed by atoms with Crippen LogP contribution in [0.3, 0.4) is 0 Å². The van der Waals surface area contributed by atoms with E-state index in [-0.39, 0.29) is 0 Å². The van der Waals surface area contributed by atoms with Crippen LogP contribution in [0.5, 0.6) is 0 Å². The second-order valence-corrected chi connectivity index (χ2v) is 6.23. The summed E-state index contributed by atoms with van der Waals surface area (Å²) in [5, 5.41) is 5.30. The third kappa shape index (κ3) is 3.57. The van der Waals surface area contributed by atoms with Crippen molar-refractivity contribution in [2.45, 2.75) is 13.5 Å². The SMILES string of the molecule is Cc1c(Cl)ccc(CNc2cc(Br)ccc2Cl)c1Cl. The van der Waals surface area contributed by atoms with Crippen LogP contribution >= 0.6 is 50.7 Å². The lowest BCUT2D eigenvalue weighted by atomic mass is 10.1. The Morgan fingerprint density at radius 3 is 2.47 bits per heavy atom. The predicted molar refractivity (Wildman–Crippen MR) is 87.7 cm³/mol. The molecule has 0 aliphatic heterocycles. The van der Waals surface area contributed by atoms with Crippen molar-refractivity contribution in [3.8, 4) is 0 Å². The fraction of sp³-hybridized carbons (Fsp3) is 0.143. The number of hydrogen-bond acceptors (Lipinski definition) is 1. The summed E-state index contributed by atoms with van der Waals surface area (Å²) in [6.07, 6.45) is 0. The smallest absolute Gasteiger partial charge is 0.0638 e. The Bertz CT molecular complexity index is 614. The van der Waals surface area contributed by atoms with Gasteiger partial charge in [-0.3, -0.25) is 0 Å². The molecule has 0 aliphatic rings. The predicted octanol–water partition coefficient (Wildman–Crippen LogP) is 6.33. The van der Waals surface area contributed by atoms with Crippen LogP contribution in [0, 0.1) is 6.92 Å². The Morgan fingerprint density at radius 1 is 1.05 bits per heavy atom. The van der Waals surface area contributed by atoms with E-state index in [0.717, 1.165) is 21.3 Å². The van der Waals surface area contributed by atoms with Gasteiger partial charge in [-0.2, -0.15) is 0 Å². The van der Waals surface area contributed by atoms with E-state index in [9.17, 15) is 0 Å². The maximum atomic E-state index is 6.27. The molecule has 0 bridgehead atoms. The monoisotopic (exact) mass is 377 g/mol. The summed E-state index contributed by atoms with van der Waals surface area (Å²) in [4.78, 5) is 0. The fourth-order valence-electron chi connectivity index (χ4n) is 1.68. The Morgan fingerprint density at radius 2 is 1.74 bits per heavy atom. The maximum absolute atomic E-state index is 6.27. The first-order chi connectivity index (χ1) is 8.99. The molecule has 2 aromatic carbocycles. The minimum Gasteiger partial charge on any atom is -0.380 e. The third-order valence-electron chi connectivity index (χ3n) is 2.80. The van der Waals surface area contributed by atoms with Crippen molar-refractivity contribution in [3.05, 3.63) is 61.0 Å². The van der Waals surface area contributed by atoms with Gasteiger partial charge in [-0.1, -0.05) is 56.8 Å². The Balaban J connectivity index is 2.19. The quantitative estimate of drug-likeness (QED) is 0.657. The highest BCUT2D eigenvalue weighted by molar-refractivity contribution is 9.10. The van der Waals surface area contributed by atoms with Gasteiger partial charge in [-0.05, 0) is 42.3 Å². The van der Waals surface area contributed by atoms with Gasteiger partial charge in [0.05, 0.1) is 10.7 Å². The van der Waals surface area contributed by atoms with Crippen LogP contribution in [0.2, 0.25) is 15.1 Å². The molecule has 0 atom stereocenters. The molecule has 2 rings (SSSR count).